The molecular weight excluding hydrogens is 290 g/mol. The number of nitrogens with zero attached hydrogens (tertiary/aromatic N) is 1. The van der Waals surface area contributed by atoms with Crippen molar-refractivity contribution in [1.29, 1.82) is 0 Å². The summed E-state index contributed by atoms with van der Waals surface area (Å²) in [5, 5.41) is 17.2. The molecule has 0 fully saturated rings. The largest absolute Gasteiger partial charge is 0.405 e. The van der Waals surface area contributed by atoms with Gasteiger partial charge in [-0.15, -0.1) is 5.06 Å². The van der Waals surface area contributed by atoms with Crippen molar-refractivity contribution in [2.45, 2.75) is 11.8 Å². The molecule has 20 heavy (non-hydrogen) atoms. The van der Waals surface area contributed by atoms with E-state index in [1.807, 2.05) is 13.0 Å². The first-order valence-corrected chi connectivity index (χ1v) is 7.02. The molecular formula is C11H15NO7S. The molecule has 0 spiro atoms. The van der Waals surface area contributed by atoms with Gasteiger partial charge in [-0.3, -0.25) is 4.55 Å². The Kier molecular flexibility index (Phi) is 6.07. The summed E-state index contributed by atoms with van der Waals surface area (Å²) in [7, 11) is -4.17. The second kappa shape index (κ2) is 7.33. The second-order valence-electron chi connectivity index (χ2n) is 3.72. The lowest BCUT2D eigenvalue weighted by Gasteiger charge is -2.13. The number of hydroxylamine groups is 2. The van der Waals surface area contributed by atoms with Crippen LogP contribution >= 0.6 is 0 Å². The fourth-order valence-electron chi connectivity index (χ4n) is 1.57. The summed E-state index contributed by atoms with van der Waals surface area (Å²) in [6, 6.07) is 6.03. The van der Waals surface area contributed by atoms with Gasteiger partial charge in [-0.1, -0.05) is 17.2 Å². The van der Waals surface area contributed by atoms with Crippen LogP contribution in [0.5, 0.6) is 0 Å². The lowest BCUT2D eigenvalue weighted by atomic mass is 10.2. The van der Waals surface area contributed by atoms with Crippen molar-refractivity contribution in [1.82, 2.24) is 5.06 Å². The van der Waals surface area contributed by atoms with Crippen LogP contribution in [0.1, 0.15) is 12.5 Å². The SMILES string of the molecule is CCN1CC=C(c2cccc(S(=O)(=O)O)c2)O1.OOO. The van der Waals surface area contributed by atoms with Gasteiger partial charge >= 0.3 is 0 Å². The van der Waals surface area contributed by atoms with Gasteiger partial charge in [0.2, 0.25) is 0 Å². The molecule has 112 valence electrons. The molecule has 0 amide bonds. The van der Waals surface area contributed by atoms with Crippen LogP contribution in [0.15, 0.2) is 35.2 Å². The zero-order valence-corrected chi connectivity index (χ0v) is 11.4. The number of hydrogen-bond donors (Lipinski definition) is 3. The van der Waals surface area contributed by atoms with E-state index in [0.717, 1.165) is 6.54 Å². The van der Waals surface area contributed by atoms with Crippen LogP contribution in [0.3, 0.4) is 0 Å². The van der Waals surface area contributed by atoms with Crippen molar-refractivity contribution in [3.05, 3.63) is 35.9 Å². The highest BCUT2D eigenvalue weighted by Gasteiger charge is 2.17. The standard InChI is InChI=1S/C11H13NO4S.H2O3/c1-2-12-7-6-11(16-12)9-4-3-5-10(8-9)17(13,14)15;1-3-2/h3-6,8H,2,7H2,1H3,(H,13,14,15);1-2H. The van der Waals surface area contributed by atoms with Crippen molar-refractivity contribution in [3.8, 4) is 0 Å². The Hall–Kier alpha value is -1.49. The van der Waals surface area contributed by atoms with Crippen LogP contribution in [-0.4, -0.2) is 41.6 Å². The van der Waals surface area contributed by atoms with Gasteiger partial charge in [0.05, 0.1) is 11.4 Å². The first kappa shape index (κ1) is 16.6. The van der Waals surface area contributed by atoms with Crippen molar-refractivity contribution in [2.75, 3.05) is 13.1 Å². The van der Waals surface area contributed by atoms with E-state index in [2.05, 4.69) is 5.04 Å². The van der Waals surface area contributed by atoms with Crippen molar-refractivity contribution < 1.29 is 33.4 Å². The third-order valence-corrected chi connectivity index (χ3v) is 3.33. The molecule has 1 aromatic carbocycles. The van der Waals surface area contributed by atoms with Gasteiger partial charge in [0.25, 0.3) is 10.1 Å². The van der Waals surface area contributed by atoms with Gasteiger partial charge in [0.15, 0.2) is 5.76 Å². The van der Waals surface area contributed by atoms with Crippen LogP contribution in [0, 0.1) is 0 Å². The summed E-state index contributed by atoms with van der Waals surface area (Å²) >= 11 is 0. The smallest absolute Gasteiger partial charge is 0.294 e. The van der Waals surface area contributed by atoms with E-state index in [1.165, 1.54) is 12.1 Å². The molecule has 0 atom stereocenters. The molecule has 0 saturated carbocycles. The third-order valence-electron chi connectivity index (χ3n) is 2.48. The lowest BCUT2D eigenvalue weighted by Crippen LogP contribution is -2.17. The Bertz CT molecular complexity index is 570. The molecule has 0 saturated heterocycles. The fraction of sp³-hybridized carbons (Fsp3) is 0.273. The molecule has 0 bridgehead atoms. The summed E-state index contributed by atoms with van der Waals surface area (Å²) < 4.78 is 31.0. The first-order valence-electron chi connectivity index (χ1n) is 5.58. The summed E-state index contributed by atoms with van der Waals surface area (Å²) in [6.45, 7) is 3.38. The average molecular weight is 305 g/mol. The van der Waals surface area contributed by atoms with E-state index < -0.39 is 10.1 Å². The lowest BCUT2D eigenvalue weighted by molar-refractivity contribution is -0.465. The normalized spacial score (nSPS) is 15.1. The van der Waals surface area contributed by atoms with E-state index in [0.29, 0.717) is 17.9 Å². The van der Waals surface area contributed by atoms with Crippen molar-refractivity contribution in [3.63, 3.8) is 0 Å². The molecule has 9 heteroatoms. The first-order chi connectivity index (χ1) is 9.42. The van der Waals surface area contributed by atoms with Gasteiger partial charge in [-0.2, -0.15) is 8.42 Å². The minimum Gasteiger partial charge on any atom is -0.405 e. The molecule has 0 aliphatic carbocycles. The Morgan fingerprint density at radius 2 is 2.05 bits per heavy atom. The molecule has 1 aromatic rings. The molecule has 1 aliphatic heterocycles. The molecule has 0 aromatic heterocycles. The van der Waals surface area contributed by atoms with Gasteiger partial charge < -0.3 is 4.84 Å². The van der Waals surface area contributed by atoms with Gasteiger partial charge in [0.1, 0.15) is 0 Å². The number of benzene rings is 1. The quantitative estimate of drug-likeness (QED) is 0.437. The molecule has 0 unspecified atom stereocenters. The number of hydrogen-bond acceptors (Lipinski definition) is 7. The molecule has 8 nitrogen and oxygen atoms in total. The maximum Gasteiger partial charge on any atom is 0.294 e. The van der Waals surface area contributed by atoms with E-state index in [9.17, 15) is 8.42 Å². The maximum absolute atomic E-state index is 11.0. The Morgan fingerprint density at radius 1 is 1.40 bits per heavy atom. The second-order valence-corrected chi connectivity index (χ2v) is 5.15. The Labute approximate surface area is 116 Å². The van der Waals surface area contributed by atoms with Gasteiger partial charge in [0, 0.05) is 12.1 Å². The predicted octanol–water partition coefficient (Wildman–Crippen LogP) is 1.49. The molecule has 1 heterocycles. The van der Waals surface area contributed by atoms with E-state index in [4.69, 9.17) is 19.9 Å². The molecule has 3 N–H and O–H groups in total. The third kappa shape index (κ3) is 4.56. The Balaban J connectivity index is 0.000000612. The molecule has 0 radical (unpaired) electrons. The maximum atomic E-state index is 11.0. The monoisotopic (exact) mass is 305 g/mol. The number of likely N-dealkylation sites (N-methyl/N-ethyl adjacent to an activating group) is 1. The minimum atomic E-state index is -4.17. The predicted molar refractivity (Wildman–Crippen MR) is 68.9 cm³/mol. The summed E-state index contributed by atoms with van der Waals surface area (Å²) in [5.41, 5.74) is 0.635. The van der Waals surface area contributed by atoms with Crippen molar-refractivity contribution >= 4 is 15.9 Å². The summed E-state index contributed by atoms with van der Waals surface area (Å²) in [5.74, 6) is 0.609. The van der Waals surface area contributed by atoms with Crippen LogP contribution in [-0.2, 0) is 20.0 Å². The van der Waals surface area contributed by atoms with Crippen LogP contribution in [0.4, 0.5) is 0 Å². The van der Waals surface area contributed by atoms with E-state index >= 15 is 0 Å². The van der Waals surface area contributed by atoms with Gasteiger partial charge in [-0.05, 0) is 25.1 Å². The summed E-state index contributed by atoms with van der Waals surface area (Å²) in [4.78, 5) is 5.35. The Morgan fingerprint density at radius 3 is 2.55 bits per heavy atom. The highest BCUT2D eigenvalue weighted by atomic mass is 32.2. The molecule has 2 rings (SSSR count). The highest BCUT2D eigenvalue weighted by molar-refractivity contribution is 7.85. The van der Waals surface area contributed by atoms with Crippen LogP contribution in [0.2, 0.25) is 0 Å². The minimum absolute atomic E-state index is 0.130. The summed E-state index contributed by atoms with van der Waals surface area (Å²) in [6.07, 6.45) is 1.87. The van der Waals surface area contributed by atoms with Gasteiger partial charge in [-0.25, -0.2) is 10.5 Å². The highest BCUT2D eigenvalue weighted by Crippen LogP contribution is 2.24. The van der Waals surface area contributed by atoms with Crippen molar-refractivity contribution in [2.24, 2.45) is 0 Å². The topological polar surface area (TPSA) is 117 Å². The average Bonchev–Trinajstić information content (AvgIpc) is 2.88. The van der Waals surface area contributed by atoms with E-state index in [1.54, 1.807) is 17.2 Å². The molecule has 1 aliphatic rings. The van der Waals surface area contributed by atoms with Crippen LogP contribution < -0.4 is 0 Å². The number of rotatable bonds is 3. The zero-order chi connectivity index (χ0) is 15.2. The zero-order valence-electron chi connectivity index (χ0n) is 10.6. The van der Waals surface area contributed by atoms with E-state index in [-0.39, 0.29) is 4.90 Å². The fourth-order valence-corrected chi connectivity index (χ4v) is 2.10. The van der Waals surface area contributed by atoms with Crippen LogP contribution in [0.25, 0.3) is 5.76 Å².